The Morgan fingerprint density at radius 2 is 2.00 bits per heavy atom. The summed E-state index contributed by atoms with van der Waals surface area (Å²) >= 11 is 0. The summed E-state index contributed by atoms with van der Waals surface area (Å²) < 4.78 is 25.5. The molecule has 0 radical (unpaired) electrons. The highest BCUT2D eigenvalue weighted by Gasteiger charge is 2.13. The van der Waals surface area contributed by atoms with Gasteiger partial charge in [-0.05, 0) is 31.2 Å². The Hall–Kier alpha value is -2.96. The molecule has 3 aromatic rings. The Bertz CT molecular complexity index is 904. The van der Waals surface area contributed by atoms with Gasteiger partial charge in [0, 0.05) is 12.3 Å². The molecule has 0 saturated heterocycles. The quantitative estimate of drug-likeness (QED) is 0.673. The lowest BCUT2D eigenvalue weighted by atomic mass is 10.3. The molecule has 0 unspecified atom stereocenters. The number of pyridine rings is 1. The van der Waals surface area contributed by atoms with Crippen molar-refractivity contribution in [3.63, 3.8) is 0 Å². The van der Waals surface area contributed by atoms with E-state index >= 15 is 0 Å². The highest BCUT2D eigenvalue weighted by molar-refractivity contribution is 5.54. The van der Waals surface area contributed by atoms with Gasteiger partial charge in [0.2, 0.25) is 6.79 Å². The van der Waals surface area contributed by atoms with Gasteiger partial charge in [0.05, 0.1) is 11.4 Å². The van der Waals surface area contributed by atoms with Crippen LogP contribution in [-0.2, 0) is 0 Å². The normalized spacial score (nSPS) is 13.4. The number of aromatic nitrogens is 2. The molecule has 0 fully saturated rings. The van der Waals surface area contributed by atoms with Gasteiger partial charge in [-0.25, -0.2) is 9.37 Å². The first-order valence-corrected chi connectivity index (χ1v) is 6.66. The fourth-order valence-corrected chi connectivity index (χ4v) is 2.30. The number of fused-ring (bicyclic) bond motifs is 2. The van der Waals surface area contributed by atoms with Crippen molar-refractivity contribution >= 4 is 17.2 Å². The topological polar surface area (TPSA) is 60.5 Å². The van der Waals surface area contributed by atoms with Crippen molar-refractivity contribution in [1.82, 2.24) is 9.38 Å². The van der Waals surface area contributed by atoms with E-state index in [9.17, 15) is 4.39 Å². The van der Waals surface area contributed by atoms with E-state index in [4.69, 9.17) is 9.47 Å². The Balaban J connectivity index is 1.74. The number of rotatable bonds is 2. The number of hydrogen-bond acceptors (Lipinski definition) is 5. The number of nitrogens with zero attached hydrogens (tertiary/aromatic N) is 4. The Morgan fingerprint density at radius 3 is 2.91 bits per heavy atom. The van der Waals surface area contributed by atoms with Crippen LogP contribution in [0.3, 0.4) is 0 Å². The van der Waals surface area contributed by atoms with Gasteiger partial charge in [-0.3, -0.25) is 4.40 Å². The van der Waals surface area contributed by atoms with E-state index in [1.807, 2.05) is 0 Å². The predicted octanol–water partition coefficient (Wildman–Crippen LogP) is 3.93. The van der Waals surface area contributed by atoms with E-state index < -0.39 is 0 Å². The van der Waals surface area contributed by atoms with Gasteiger partial charge in [0.1, 0.15) is 11.5 Å². The van der Waals surface area contributed by atoms with Crippen LogP contribution >= 0.6 is 0 Å². The third-order valence-corrected chi connectivity index (χ3v) is 3.34. The van der Waals surface area contributed by atoms with Crippen molar-refractivity contribution in [3.05, 3.63) is 48.0 Å². The predicted molar refractivity (Wildman–Crippen MR) is 76.6 cm³/mol. The maximum atomic E-state index is 13.4. The third-order valence-electron chi connectivity index (χ3n) is 3.34. The number of imidazole rings is 1. The molecule has 6 nitrogen and oxygen atoms in total. The molecule has 4 rings (SSSR count). The van der Waals surface area contributed by atoms with Gasteiger partial charge >= 0.3 is 0 Å². The molecule has 0 amide bonds. The monoisotopic (exact) mass is 298 g/mol. The lowest BCUT2D eigenvalue weighted by molar-refractivity contribution is 0.174. The number of aryl methyl sites for hydroxylation is 1. The third kappa shape index (κ3) is 2.07. The van der Waals surface area contributed by atoms with Crippen LogP contribution in [0.2, 0.25) is 0 Å². The van der Waals surface area contributed by atoms with Crippen molar-refractivity contribution in [2.75, 3.05) is 6.79 Å². The first-order valence-electron chi connectivity index (χ1n) is 6.66. The summed E-state index contributed by atoms with van der Waals surface area (Å²) in [6, 6.07) is 8.25. The van der Waals surface area contributed by atoms with Crippen LogP contribution in [0.5, 0.6) is 11.5 Å². The molecule has 22 heavy (non-hydrogen) atoms. The lowest BCUT2D eigenvalue weighted by Gasteiger charge is -1.98. The summed E-state index contributed by atoms with van der Waals surface area (Å²) in [4.78, 5) is 4.32. The van der Waals surface area contributed by atoms with E-state index in [0.717, 1.165) is 0 Å². The van der Waals surface area contributed by atoms with Crippen LogP contribution in [0.1, 0.15) is 5.69 Å². The molecule has 0 saturated carbocycles. The minimum atomic E-state index is -0.357. The molecular weight excluding hydrogens is 287 g/mol. The second kappa shape index (κ2) is 4.80. The van der Waals surface area contributed by atoms with Gasteiger partial charge in [-0.15, -0.1) is 10.2 Å². The molecule has 1 aromatic carbocycles. The second-order valence-corrected chi connectivity index (χ2v) is 4.83. The van der Waals surface area contributed by atoms with Crippen LogP contribution in [0.4, 0.5) is 15.9 Å². The molecular formula is C15H11FN4O2. The van der Waals surface area contributed by atoms with Gasteiger partial charge < -0.3 is 9.47 Å². The van der Waals surface area contributed by atoms with Crippen molar-refractivity contribution in [2.45, 2.75) is 6.92 Å². The average Bonchev–Trinajstić information content (AvgIpc) is 3.08. The van der Waals surface area contributed by atoms with Crippen molar-refractivity contribution < 1.29 is 13.9 Å². The Labute approximate surface area is 124 Å². The Kier molecular flexibility index (Phi) is 2.78. The van der Waals surface area contributed by atoms with Gasteiger partial charge in [0.15, 0.2) is 17.3 Å². The highest BCUT2D eigenvalue weighted by atomic mass is 19.1. The van der Waals surface area contributed by atoms with Crippen LogP contribution in [0.25, 0.3) is 5.65 Å². The van der Waals surface area contributed by atoms with Crippen LogP contribution < -0.4 is 9.47 Å². The van der Waals surface area contributed by atoms with Gasteiger partial charge in [0.25, 0.3) is 0 Å². The molecule has 0 N–H and O–H groups in total. The lowest BCUT2D eigenvalue weighted by Crippen LogP contribution is -1.92. The molecule has 7 heteroatoms. The maximum Gasteiger partial charge on any atom is 0.231 e. The summed E-state index contributed by atoms with van der Waals surface area (Å²) in [6.07, 6.45) is 1.34. The highest BCUT2D eigenvalue weighted by Crippen LogP contribution is 2.35. The zero-order chi connectivity index (χ0) is 15.1. The van der Waals surface area contributed by atoms with Crippen LogP contribution in [0, 0.1) is 12.7 Å². The minimum absolute atomic E-state index is 0.210. The molecule has 1 aliphatic heterocycles. The average molecular weight is 298 g/mol. The van der Waals surface area contributed by atoms with E-state index in [-0.39, 0.29) is 12.6 Å². The van der Waals surface area contributed by atoms with E-state index in [1.165, 1.54) is 12.3 Å². The molecule has 0 aliphatic carbocycles. The number of halogens is 1. The first kappa shape index (κ1) is 12.8. The molecule has 0 bridgehead atoms. The van der Waals surface area contributed by atoms with E-state index in [0.29, 0.717) is 34.3 Å². The van der Waals surface area contributed by atoms with Crippen LogP contribution in [0.15, 0.2) is 46.8 Å². The zero-order valence-electron chi connectivity index (χ0n) is 11.7. The largest absolute Gasteiger partial charge is 0.454 e. The summed E-state index contributed by atoms with van der Waals surface area (Å²) in [5, 5.41) is 8.37. The number of benzene rings is 1. The van der Waals surface area contributed by atoms with Gasteiger partial charge in [-0.2, -0.15) is 0 Å². The summed E-state index contributed by atoms with van der Waals surface area (Å²) in [5.41, 5.74) is 1.92. The van der Waals surface area contributed by atoms with Crippen LogP contribution in [-0.4, -0.2) is 16.2 Å². The molecule has 1 aliphatic rings. The molecule has 0 spiro atoms. The van der Waals surface area contributed by atoms with Crippen molar-refractivity contribution in [3.8, 4) is 11.5 Å². The molecule has 0 atom stereocenters. The van der Waals surface area contributed by atoms with Crippen molar-refractivity contribution in [1.29, 1.82) is 0 Å². The van der Waals surface area contributed by atoms with E-state index in [2.05, 4.69) is 15.2 Å². The standard InChI is InChI=1S/C15H11FN4O2/c1-9-15(20-7-10(16)2-5-14(20)17-9)19-18-11-3-4-12-13(6-11)22-8-21-12/h2-7H,8H2,1H3. The fraction of sp³-hybridized carbons (Fsp3) is 0.133. The van der Waals surface area contributed by atoms with Crippen molar-refractivity contribution in [2.24, 2.45) is 10.2 Å². The second-order valence-electron chi connectivity index (χ2n) is 4.83. The zero-order valence-corrected chi connectivity index (χ0v) is 11.7. The summed E-state index contributed by atoms with van der Waals surface area (Å²) in [7, 11) is 0. The summed E-state index contributed by atoms with van der Waals surface area (Å²) in [5.74, 6) is 1.46. The molecule has 2 aromatic heterocycles. The number of hydrogen-bond donors (Lipinski definition) is 0. The maximum absolute atomic E-state index is 13.4. The SMILES string of the molecule is Cc1nc2ccc(F)cn2c1N=Nc1ccc2c(c1)OCO2. The number of ether oxygens (including phenoxy) is 2. The number of azo groups is 1. The Morgan fingerprint density at radius 1 is 1.14 bits per heavy atom. The fourth-order valence-electron chi connectivity index (χ4n) is 2.30. The van der Waals surface area contributed by atoms with Gasteiger partial charge in [-0.1, -0.05) is 0 Å². The first-order chi connectivity index (χ1) is 10.7. The smallest absolute Gasteiger partial charge is 0.231 e. The summed E-state index contributed by atoms with van der Waals surface area (Å²) in [6.45, 7) is 2.01. The molecule has 3 heterocycles. The molecule has 110 valence electrons. The van der Waals surface area contributed by atoms with E-state index in [1.54, 1.807) is 35.6 Å². The minimum Gasteiger partial charge on any atom is -0.454 e.